The Hall–Kier alpha value is -1.27. The Morgan fingerprint density at radius 2 is 2.00 bits per heavy atom. The summed E-state index contributed by atoms with van der Waals surface area (Å²) < 4.78 is 40.1. The first-order valence-electron chi connectivity index (χ1n) is 4.95. The highest BCUT2D eigenvalue weighted by Gasteiger charge is 2.33. The van der Waals surface area contributed by atoms with E-state index >= 15 is 0 Å². The first-order valence-corrected chi connectivity index (χ1v) is 5.73. The molecule has 0 saturated heterocycles. The summed E-state index contributed by atoms with van der Waals surface area (Å²) in [5.41, 5.74) is 0.176. The highest BCUT2D eigenvalue weighted by atomic mass is 35.5. The van der Waals surface area contributed by atoms with Crippen molar-refractivity contribution in [3.63, 3.8) is 0 Å². The Kier molecular flexibility index (Phi) is 3.25. The summed E-state index contributed by atoms with van der Waals surface area (Å²) in [7, 11) is 0. The van der Waals surface area contributed by atoms with Crippen LogP contribution < -0.4 is 0 Å². The van der Waals surface area contributed by atoms with E-state index in [0.29, 0.717) is 10.5 Å². The summed E-state index contributed by atoms with van der Waals surface area (Å²) in [6.45, 7) is 1.74. The lowest BCUT2D eigenvalue weighted by Crippen LogP contribution is -2.07. The number of aromatic amines is 1. The molecule has 1 aromatic heterocycles. The molecule has 1 aromatic carbocycles. The number of aromatic nitrogens is 2. The Balaban J connectivity index is 2.65. The molecule has 2 aromatic rings. The van der Waals surface area contributed by atoms with Gasteiger partial charge in [0, 0.05) is 17.6 Å². The van der Waals surface area contributed by atoms with Gasteiger partial charge in [0.25, 0.3) is 0 Å². The number of H-pyrrole nitrogens is 1. The van der Waals surface area contributed by atoms with Gasteiger partial charge in [-0.3, -0.25) is 4.57 Å². The van der Waals surface area contributed by atoms with E-state index < -0.39 is 11.7 Å². The number of halogens is 4. The van der Waals surface area contributed by atoms with Crippen molar-refractivity contribution < 1.29 is 13.2 Å². The van der Waals surface area contributed by atoms with Gasteiger partial charge >= 0.3 is 6.18 Å². The Bertz CT molecular complexity index is 642. The molecule has 0 spiro atoms. The summed E-state index contributed by atoms with van der Waals surface area (Å²) in [6.07, 6.45) is -2.86. The lowest BCUT2D eigenvalue weighted by Gasteiger charge is -2.12. The standard InChI is InChI=1S/C11H8ClF3N2S/c1-6-5-16-10(18)17(6)7-2-3-9(12)8(4-7)11(13,14)15/h2-5H,1H3,(H,16,18). The van der Waals surface area contributed by atoms with Crippen LogP contribution in [0, 0.1) is 11.7 Å². The first kappa shape index (κ1) is 13.2. The molecule has 1 N–H and O–H groups in total. The first-order chi connectivity index (χ1) is 8.30. The maximum atomic E-state index is 12.7. The van der Waals surface area contributed by atoms with Crippen LogP contribution in [0.15, 0.2) is 24.4 Å². The zero-order chi connectivity index (χ0) is 13.5. The lowest BCUT2D eigenvalue weighted by atomic mass is 10.2. The average Bonchev–Trinajstić information content (AvgIpc) is 2.58. The Labute approximate surface area is 111 Å². The lowest BCUT2D eigenvalue weighted by molar-refractivity contribution is -0.137. The minimum absolute atomic E-state index is 0.328. The van der Waals surface area contributed by atoms with E-state index in [1.807, 2.05) is 0 Å². The van der Waals surface area contributed by atoms with E-state index in [0.717, 1.165) is 11.8 Å². The van der Waals surface area contributed by atoms with E-state index in [4.69, 9.17) is 23.8 Å². The number of aryl methyl sites for hydroxylation is 1. The van der Waals surface area contributed by atoms with Crippen molar-refractivity contribution in [2.75, 3.05) is 0 Å². The van der Waals surface area contributed by atoms with Crippen LogP contribution >= 0.6 is 23.8 Å². The third kappa shape index (κ3) is 2.30. The van der Waals surface area contributed by atoms with Gasteiger partial charge in [0.2, 0.25) is 0 Å². The van der Waals surface area contributed by atoms with Crippen molar-refractivity contribution in [1.29, 1.82) is 0 Å². The predicted octanol–water partition coefficient (Wildman–Crippen LogP) is 4.52. The fourth-order valence-electron chi connectivity index (χ4n) is 1.65. The molecule has 0 atom stereocenters. The van der Waals surface area contributed by atoms with Crippen molar-refractivity contribution in [3.8, 4) is 5.69 Å². The van der Waals surface area contributed by atoms with Crippen LogP contribution in [-0.2, 0) is 6.18 Å². The molecule has 0 saturated carbocycles. The third-order valence-electron chi connectivity index (χ3n) is 2.47. The second-order valence-corrected chi connectivity index (χ2v) is 4.53. The Morgan fingerprint density at radius 1 is 1.33 bits per heavy atom. The highest BCUT2D eigenvalue weighted by molar-refractivity contribution is 7.71. The number of alkyl halides is 3. The number of hydrogen-bond donors (Lipinski definition) is 1. The number of hydrogen-bond acceptors (Lipinski definition) is 1. The van der Waals surface area contributed by atoms with E-state index in [1.54, 1.807) is 13.1 Å². The van der Waals surface area contributed by atoms with Gasteiger partial charge in [-0.15, -0.1) is 0 Å². The topological polar surface area (TPSA) is 20.7 Å². The molecule has 2 nitrogen and oxygen atoms in total. The molecule has 96 valence electrons. The third-order valence-corrected chi connectivity index (χ3v) is 3.10. The van der Waals surface area contributed by atoms with Crippen LogP contribution in [-0.4, -0.2) is 9.55 Å². The van der Waals surface area contributed by atoms with Crippen molar-refractivity contribution in [3.05, 3.63) is 45.4 Å². The number of rotatable bonds is 1. The van der Waals surface area contributed by atoms with Gasteiger partial charge in [-0.05, 0) is 37.3 Å². The molecular weight excluding hydrogens is 285 g/mol. The van der Waals surface area contributed by atoms with E-state index in [1.165, 1.54) is 16.7 Å². The van der Waals surface area contributed by atoms with Gasteiger partial charge in [0.15, 0.2) is 4.77 Å². The molecule has 0 amide bonds. The molecule has 1 heterocycles. The average molecular weight is 293 g/mol. The quantitative estimate of drug-likeness (QED) is 0.767. The molecule has 0 aliphatic rings. The highest BCUT2D eigenvalue weighted by Crippen LogP contribution is 2.35. The second-order valence-electron chi connectivity index (χ2n) is 3.73. The minimum atomic E-state index is -4.49. The molecule has 0 radical (unpaired) electrons. The van der Waals surface area contributed by atoms with Gasteiger partial charge in [-0.25, -0.2) is 0 Å². The molecule has 2 rings (SSSR count). The minimum Gasteiger partial charge on any atom is -0.337 e. The maximum Gasteiger partial charge on any atom is 0.417 e. The molecule has 0 unspecified atom stereocenters. The van der Waals surface area contributed by atoms with Gasteiger partial charge < -0.3 is 4.98 Å². The summed E-state index contributed by atoms with van der Waals surface area (Å²) in [5, 5.41) is -0.328. The molecule has 0 bridgehead atoms. The number of imidazole rings is 1. The van der Waals surface area contributed by atoms with Crippen LogP contribution in [0.25, 0.3) is 5.69 Å². The second kappa shape index (κ2) is 4.44. The fourth-order valence-corrected chi connectivity index (χ4v) is 2.18. The van der Waals surface area contributed by atoms with Crippen LogP contribution in [0.5, 0.6) is 0 Å². The van der Waals surface area contributed by atoms with Crippen molar-refractivity contribution >= 4 is 23.8 Å². The smallest absolute Gasteiger partial charge is 0.337 e. The Morgan fingerprint density at radius 3 is 2.50 bits per heavy atom. The van der Waals surface area contributed by atoms with E-state index in [2.05, 4.69) is 4.98 Å². The molecule has 18 heavy (non-hydrogen) atoms. The van der Waals surface area contributed by atoms with E-state index in [-0.39, 0.29) is 5.02 Å². The van der Waals surface area contributed by atoms with Crippen LogP contribution in [0.3, 0.4) is 0 Å². The van der Waals surface area contributed by atoms with Gasteiger partial charge in [-0.2, -0.15) is 13.2 Å². The van der Waals surface area contributed by atoms with Gasteiger partial charge in [-0.1, -0.05) is 11.6 Å². The van der Waals surface area contributed by atoms with Crippen molar-refractivity contribution in [2.24, 2.45) is 0 Å². The molecule has 0 fully saturated rings. The monoisotopic (exact) mass is 292 g/mol. The fraction of sp³-hybridized carbons (Fsp3) is 0.182. The summed E-state index contributed by atoms with van der Waals surface area (Å²) >= 11 is 10.6. The molecular formula is C11H8ClF3N2S. The maximum absolute atomic E-state index is 12.7. The molecule has 7 heteroatoms. The van der Waals surface area contributed by atoms with Gasteiger partial charge in [0.05, 0.1) is 10.6 Å². The normalized spacial score (nSPS) is 11.8. The number of nitrogens with one attached hydrogen (secondary N) is 1. The summed E-state index contributed by atoms with van der Waals surface area (Å²) in [4.78, 5) is 2.77. The van der Waals surface area contributed by atoms with Crippen LogP contribution in [0.1, 0.15) is 11.3 Å². The van der Waals surface area contributed by atoms with E-state index in [9.17, 15) is 13.2 Å². The molecule has 0 aliphatic carbocycles. The SMILES string of the molecule is Cc1c[nH]c(=S)n1-c1ccc(Cl)c(C(F)(F)F)c1. The zero-order valence-corrected chi connectivity index (χ0v) is 10.7. The zero-order valence-electron chi connectivity index (χ0n) is 9.18. The summed E-state index contributed by atoms with van der Waals surface area (Å²) in [5.74, 6) is 0. The molecule has 0 aliphatic heterocycles. The number of nitrogens with zero attached hydrogens (tertiary/aromatic N) is 1. The van der Waals surface area contributed by atoms with Crippen LogP contribution in [0.4, 0.5) is 13.2 Å². The largest absolute Gasteiger partial charge is 0.417 e. The van der Waals surface area contributed by atoms with Crippen molar-refractivity contribution in [1.82, 2.24) is 9.55 Å². The van der Waals surface area contributed by atoms with Crippen LogP contribution in [0.2, 0.25) is 5.02 Å². The number of benzene rings is 1. The predicted molar refractivity (Wildman–Crippen MR) is 65.7 cm³/mol. The van der Waals surface area contributed by atoms with Crippen molar-refractivity contribution in [2.45, 2.75) is 13.1 Å². The summed E-state index contributed by atoms with van der Waals surface area (Å²) in [6, 6.07) is 3.70. The van der Waals surface area contributed by atoms with Gasteiger partial charge in [0.1, 0.15) is 0 Å².